The molecule has 0 aromatic carbocycles. The Morgan fingerprint density at radius 2 is 2.00 bits per heavy atom. The minimum absolute atomic E-state index is 0.805. The Morgan fingerprint density at radius 3 is 2.67 bits per heavy atom. The van der Waals surface area contributed by atoms with Crippen molar-refractivity contribution >= 4 is 0 Å². The molecule has 2 fully saturated rings. The summed E-state index contributed by atoms with van der Waals surface area (Å²) in [5.41, 5.74) is 0. The van der Waals surface area contributed by atoms with Gasteiger partial charge in [-0.25, -0.2) is 0 Å². The van der Waals surface area contributed by atoms with E-state index in [1.165, 1.54) is 51.6 Å². The van der Waals surface area contributed by atoms with Crippen LogP contribution in [-0.4, -0.2) is 38.1 Å². The monoisotopic (exact) mass is 210 g/mol. The zero-order valence-corrected chi connectivity index (χ0v) is 10.3. The second kappa shape index (κ2) is 5.31. The number of rotatable bonds is 6. The highest BCUT2D eigenvalue weighted by atomic mass is 15.1. The number of nitrogens with one attached hydrogen (secondary N) is 1. The van der Waals surface area contributed by atoms with Crippen LogP contribution in [0.1, 0.15) is 38.5 Å². The van der Waals surface area contributed by atoms with E-state index in [1.807, 2.05) is 0 Å². The van der Waals surface area contributed by atoms with Gasteiger partial charge in [0.1, 0.15) is 0 Å². The Hall–Kier alpha value is -0.0800. The molecule has 2 saturated carbocycles. The topological polar surface area (TPSA) is 15.3 Å². The van der Waals surface area contributed by atoms with Gasteiger partial charge >= 0.3 is 0 Å². The first-order valence-electron chi connectivity index (χ1n) is 6.65. The largest absolute Gasteiger partial charge is 0.317 e. The van der Waals surface area contributed by atoms with E-state index >= 15 is 0 Å². The van der Waals surface area contributed by atoms with Crippen LogP contribution in [0.3, 0.4) is 0 Å². The molecule has 0 radical (unpaired) electrons. The third-order valence-electron chi connectivity index (χ3n) is 4.18. The first kappa shape index (κ1) is 11.4. The molecule has 0 amide bonds. The van der Waals surface area contributed by atoms with E-state index in [-0.39, 0.29) is 0 Å². The van der Waals surface area contributed by atoms with Crippen LogP contribution in [0.5, 0.6) is 0 Å². The predicted octanol–water partition coefficient (Wildman–Crippen LogP) is 2.11. The molecule has 2 unspecified atom stereocenters. The lowest BCUT2D eigenvalue weighted by atomic mass is 9.99. The van der Waals surface area contributed by atoms with E-state index in [1.54, 1.807) is 0 Å². The Labute approximate surface area is 94.4 Å². The number of hydrogen-bond acceptors (Lipinski definition) is 2. The smallest absolute Gasteiger partial charge is 0.00928 e. The van der Waals surface area contributed by atoms with E-state index < -0.39 is 0 Å². The molecular weight excluding hydrogens is 184 g/mol. The standard InChI is InChI=1S/C13H26N2/c1-14-13-5-3-4-12(13)8-9-15(2)10-11-6-7-11/h11-14H,3-10H2,1-2H3. The molecule has 1 N–H and O–H groups in total. The highest BCUT2D eigenvalue weighted by molar-refractivity contribution is 4.83. The second-order valence-corrected chi connectivity index (χ2v) is 5.58. The van der Waals surface area contributed by atoms with Crippen LogP contribution in [-0.2, 0) is 0 Å². The van der Waals surface area contributed by atoms with Gasteiger partial charge in [0.25, 0.3) is 0 Å². The molecule has 0 spiro atoms. The first-order chi connectivity index (χ1) is 7.29. The quantitative estimate of drug-likeness (QED) is 0.722. The van der Waals surface area contributed by atoms with Crippen molar-refractivity contribution in [2.75, 3.05) is 27.2 Å². The molecule has 2 atom stereocenters. The van der Waals surface area contributed by atoms with Gasteiger partial charge in [-0.1, -0.05) is 6.42 Å². The van der Waals surface area contributed by atoms with E-state index in [0.29, 0.717) is 0 Å². The van der Waals surface area contributed by atoms with Gasteiger partial charge in [0.15, 0.2) is 0 Å². The van der Waals surface area contributed by atoms with E-state index in [9.17, 15) is 0 Å². The molecule has 0 heterocycles. The summed E-state index contributed by atoms with van der Waals surface area (Å²) in [6.45, 7) is 2.65. The normalized spacial score (nSPS) is 31.4. The van der Waals surface area contributed by atoms with Crippen molar-refractivity contribution < 1.29 is 0 Å². The van der Waals surface area contributed by atoms with Crippen molar-refractivity contribution in [2.45, 2.75) is 44.6 Å². The van der Waals surface area contributed by atoms with Crippen LogP contribution in [0.4, 0.5) is 0 Å². The van der Waals surface area contributed by atoms with E-state index in [0.717, 1.165) is 17.9 Å². The van der Waals surface area contributed by atoms with Crippen LogP contribution >= 0.6 is 0 Å². The summed E-state index contributed by atoms with van der Waals surface area (Å²) in [5.74, 6) is 1.98. The van der Waals surface area contributed by atoms with Crippen molar-refractivity contribution in [2.24, 2.45) is 11.8 Å². The highest BCUT2D eigenvalue weighted by Gasteiger charge is 2.27. The van der Waals surface area contributed by atoms with Gasteiger partial charge in [-0.2, -0.15) is 0 Å². The van der Waals surface area contributed by atoms with Gasteiger partial charge in [0.2, 0.25) is 0 Å². The molecular formula is C13H26N2. The van der Waals surface area contributed by atoms with Gasteiger partial charge in [-0.05, 0) is 64.6 Å². The Balaban J connectivity index is 1.62. The second-order valence-electron chi connectivity index (χ2n) is 5.58. The van der Waals surface area contributed by atoms with Gasteiger partial charge < -0.3 is 10.2 Å². The maximum Gasteiger partial charge on any atom is 0.00928 e. The third-order valence-corrected chi connectivity index (χ3v) is 4.18. The summed E-state index contributed by atoms with van der Waals surface area (Å²) in [5, 5.41) is 3.47. The van der Waals surface area contributed by atoms with Crippen molar-refractivity contribution in [3.8, 4) is 0 Å². The van der Waals surface area contributed by atoms with Gasteiger partial charge in [0.05, 0.1) is 0 Å². The first-order valence-corrected chi connectivity index (χ1v) is 6.65. The maximum atomic E-state index is 3.47. The summed E-state index contributed by atoms with van der Waals surface area (Å²) in [4.78, 5) is 2.54. The third kappa shape index (κ3) is 3.46. The van der Waals surface area contributed by atoms with E-state index in [4.69, 9.17) is 0 Å². The van der Waals surface area contributed by atoms with Crippen LogP contribution in [0.2, 0.25) is 0 Å². The lowest BCUT2D eigenvalue weighted by Crippen LogP contribution is -2.32. The zero-order chi connectivity index (χ0) is 10.7. The number of hydrogen-bond donors (Lipinski definition) is 1. The predicted molar refractivity (Wildman–Crippen MR) is 65.0 cm³/mol. The molecule has 2 rings (SSSR count). The fourth-order valence-electron chi connectivity index (χ4n) is 2.98. The lowest BCUT2D eigenvalue weighted by Gasteiger charge is -2.22. The fourth-order valence-corrected chi connectivity index (χ4v) is 2.98. The fraction of sp³-hybridized carbons (Fsp3) is 1.00. The summed E-state index contributed by atoms with van der Waals surface area (Å²) in [6.07, 6.45) is 8.63. The van der Waals surface area contributed by atoms with Gasteiger partial charge in [-0.15, -0.1) is 0 Å². The van der Waals surface area contributed by atoms with Crippen molar-refractivity contribution in [3.05, 3.63) is 0 Å². The molecule has 88 valence electrons. The summed E-state index contributed by atoms with van der Waals surface area (Å²) in [7, 11) is 4.42. The maximum absolute atomic E-state index is 3.47. The molecule has 2 aliphatic rings. The molecule has 2 heteroatoms. The van der Waals surface area contributed by atoms with Crippen LogP contribution in [0, 0.1) is 11.8 Å². The summed E-state index contributed by atoms with van der Waals surface area (Å²) in [6, 6.07) is 0.805. The minimum atomic E-state index is 0.805. The van der Waals surface area contributed by atoms with Crippen LogP contribution < -0.4 is 5.32 Å². The van der Waals surface area contributed by atoms with E-state index in [2.05, 4.69) is 24.3 Å². The molecule has 0 bridgehead atoms. The lowest BCUT2D eigenvalue weighted by molar-refractivity contribution is 0.276. The molecule has 0 saturated heterocycles. The van der Waals surface area contributed by atoms with Crippen LogP contribution in [0.25, 0.3) is 0 Å². The average Bonchev–Trinajstić information content (AvgIpc) is 2.92. The molecule has 0 aliphatic heterocycles. The Bertz CT molecular complexity index is 189. The Morgan fingerprint density at radius 1 is 1.20 bits per heavy atom. The van der Waals surface area contributed by atoms with Crippen LogP contribution in [0.15, 0.2) is 0 Å². The summed E-state index contributed by atoms with van der Waals surface area (Å²) < 4.78 is 0. The minimum Gasteiger partial charge on any atom is -0.317 e. The van der Waals surface area contributed by atoms with Crippen molar-refractivity contribution in [1.29, 1.82) is 0 Å². The Kier molecular flexibility index (Phi) is 4.04. The summed E-state index contributed by atoms with van der Waals surface area (Å²) >= 11 is 0. The van der Waals surface area contributed by atoms with Gasteiger partial charge in [0, 0.05) is 12.6 Å². The van der Waals surface area contributed by atoms with Crippen molar-refractivity contribution in [3.63, 3.8) is 0 Å². The highest BCUT2D eigenvalue weighted by Crippen LogP contribution is 2.31. The molecule has 2 aliphatic carbocycles. The molecule has 2 nitrogen and oxygen atoms in total. The number of nitrogens with zero attached hydrogens (tertiary/aromatic N) is 1. The molecule has 0 aromatic heterocycles. The molecule has 15 heavy (non-hydrogen) atoms. The van der Waals surface area contributed by atoms with Gasteiger partial charge in [-0.3, -0.25) is 0 Å². The average molecular weight is 210 g/mol. The SMILES string of the molecule is CNC1CCCC1CCN(C)CC1CC1. The zero-order valence-electron chi connectivity index (χ0n) is 10.3. The molecule has 0 aromatic rings. The van der Waals surface area contributed by atoms with Crippen molar-refractivity contribution in [1.82, 2.24) is 10.2 Å².